The van der Waals surface area contributed by atoms with Gasteiger partial charge in [-0.15, -0.1) is 0 Å². The molecular weight excluding hydrogens is 268 g/mol. The lowest BCUT2D eigenvalue weighted by Gasteiger charge is -2.37. The SMILES string of the molecule is CC(C)(C)[Si](C)(C)OCC(OCCO)c1ccccc1. The van der Waals surface area contributed by atoms with Gasteiger partial charge in [-0.05, 0) is 23.7 Å². The predicted octanol–water partition coefficient (Wildman–Crippen LogP) is 3.76. The summed E-state index contributed by atoms with van der Waals surface area (Å²) in [5.41, 5.74) is 1.10. The normalized spacial score (nSPS) is 14.3. The Balaban J connectivity index is 2.72. The summed E-state index contributed by atoms with van der Waals surface area (Å²) in [7, 11) is -1.78. The maximum absolute atomic E-state index is 8.96. The molecule has 1 atom stereocenters. The molecule has 1 aromatic rings. The Morgan fingerprint density at radius 1 is 1.15 bits per heavy atom. The van der Waals surface area contributed by atoms with E-state index in [1.54, 1.807) is 0 Å². The summed E-state index contributed by atoms with van der Waals surface area (Å²) in [6.07, 6.45) is -0.113. The highest BCUT2D eigenvalue weighted by Crippen LogP contribution is 2.37. The molecule has 0 saturated carbocycles. The molecule has 1 rings (SSSR count). The van der Waals surface area contributed by atoms with E-state index in [9.17, 15) is 0 Å². The fourth-order valence-corrected chi connectivity index (χ4v) is 2.60. The van der Waals surface area contributed by atoms with Gasteiger partial charge in [-0.2, -0.15) is 0 Å². The van der Waals surface area contributed by atoms with Crippen molar-refractivity contribution in [2.75, 3.05) is 19.8 Å². The highest BCUT2D eigenvalue weighted by Gasteiger charge is 2.37. The van der Waals surface area contributed by atoms with Crippen LogP contribution in [0.4, 0.5) is 0 Å². The Labute approximate surface area is 124 Å². The first-order chi connectivity index (χ1) is 9.28. The molecule has 4 heteroatoms. The number of ether oxygens (including phenoxy) is 1. The highest BCUT2D eigenvalue weighted by molar-refractivity contribution is 6.74. The number of aliphatic hydroxyl groups is 1. The minimum Gasteiger partial charge on any atom is -0.414 e. The van der Waals surface area contributed by atoms with E-state index in [1.165, 1.54) is 0 Å². The fraction of sp³-hybridized carbons (Fsp3) is 0.625. The van der Waals surface area contributed by atoms with Crippen molar-refractivity contribution in [1.82, 2.24) is 0 Å². The molecule has 1 N–H and O–H groups in total. The van der Waals surface area contributed by atoms with Crippen LogP contribution in [0.3, 0.4) is 0 Å². The van der Waals surface area contributed by atoms with E-state index in [1.807, 2.05) is 30.3 Å². The average molecular weight is 296 g/mol. The Hall–Kier alpha value is -0.683. The summed E-state index contributed by atoms with van der Waals surface area (Å²) in [4.78, 5) is 0. The first kappa shape index (κ1) is 17.4. The molecular formula is C16H28O3Si. The van der Waals surface area contributed by atoms with E-state index in [4.69, 9.17) is 14.3 Å². The minimum absolute atomic E-state index is 0.0312. The lowest BCUT2D eigenvalue weighted by molar-refractivity contribution is -0.00169. The fourth-order valence-electron chi connectivity index (χ4n) is 1.60. The average Bonchev–Trinajstić information content (AvgIpc) is 2.38. The quantitative estimate of drug-likeness (QED) is 0.779. The zero-order chi connectivity index (χ0) is 15.2. The molecule has 0 aliphatic heterocycles. The van der Waals surface area contributed by atoms with Crippen LogP contribution in [0.15, 0.2) is 30.3 Å². The van der Waals surface area contributed by atoms with Crippen LogP contribution in [0.25, 0.3) is 0 Å². The molecule has 114 valence electrons. The van der Waals surface area contributed by atoms with Gasteiger partial charge in [0.2, 0.25) is 0 Å². The van der Waals surface area contributed by atoms with E-state index >= 15 is 0 Å². The summed E-state index contributed by atoms with van der Waals surface area (Å²) in [5.74, 6) is 0. The second-order valence-corrected chi connectivity index (χ2v) is 11.4. The topological polar surface area (TPSA) is 38.7 Å². The second-order valence-electron chi connectivity index (χ2n) is 6.57. The summed E-state index contributed by atoms with van der Waals surface area (Å²) in [6, 6.07) is 10.1. The number of hydrogen-bond donors (Lipinski definition) is 1. The van der Waals surface area contributed by atoms with Gasteiger partial charge < -0.3 is 14.3 Å². The van der Waals surface area contributed by atoms with Crippen molar-refractivity contribution < 1.29 is 14.3 Å². The third kappa shape index (κ3) is 5.02. The van der Waals surface area contributed by atoms with Gasteiger partial charge in [-0.1, -0.05) is 51.1 Å². The van der Waals surface area contributed by atoms with Crippen LogP contribution in [0.5, 0.6) is 0 Å². The third-order valence-electron chi connectivity index (χ3n) is 3.98. The van der Waals surface area contributed by atoms with Gasteiger partial charge in [0.05, 0.1) is 19.8 Å². The zero-order valence-electron chi connectivity index (χ0n) is 13.3. The molecule has 0 saturated heterocycles. The zero-order valence-corrected chi connectivity index (χ0v) is 14.3. The van der Waals surface area contributed by atoms with Gasteiger partial charge in [0.25, 0.3) is 0 Å². The molecule has 0 spiro atoms. The van der Waals surface area contributed by atoms with Crippen LogP contribution >= 0.6 is 0 Å². The van der Waals surface area contributed by atoms with Crippen LogP contribution < -0.4 is 0 Å². The first-order valence-corrected chi connectivity index (χ1v) is 10.1. The van der Waals surface area contributed by atoms with Crippen molar-refractivity contribution in [2.24, 2.45) is 0 Å². The van der Waals surface area contributed by atoms with Crippen LogP contribution in [-0.4, -0.2) is 33.2 Å². The second kappa shape index (κ2) is 7.36. The van der Waals surface area contributed by atoms with Gasteiger partial charge in [0.1, 0.15) is 6.10 Å². The van der Waals surface area contributed by atoms with Gasteiger partial charge in [-0.25, -0.2) is 0 Å². The minimum atomic E-state index is -1.78. The van der Waals surface area contributed by atoms with Crippen LogP contribution in [0.1, 0.15) is 32.4 Å². The molecule has 0 bridgehead atoms. The Kier molecular flexibility index (Phi) is 6.39. The molecule has 0 heterocycles. The smallest absolute Gasteiger partial charge is 0.192 e. The molecule has 0 radical (unpaired) electrons. The summed E-state index contributed by atoms with van der Waals surface area (Å²) in [5, 5.41) is 9.15. The lowest BCUT2D eigenvalue weighted by atomic mass is 10.1. The summed E-state index contributed by atoms with van der Waals surface area (Å²) >= 11 is 0. The highest BCUT2D eigenvalue weighted by atomic mass is 28.4. The molecule has 1 unspecified atom stereocenters. The number of benzene rings is 1. The summed E-state index contributed by atoms with van der Waals surface area (Å²) in [6.45, 7) is 12.1. The maximum atomic E-state index is 8.96. The van der Waals surface area contributed by atoms with E-state index in [0.717, 1.165) is 5.56 Å². The van der Waals surface area contributed by atoms with Crippen LogP contribution in [-0.2, 0) is 9.16 Å². The maximum Gasteiger partial charge on any atom is 0.192 e. The molecule has 0 amide bonds. The number of aliphatic hydroxyl groups excluding tert-OH is 1. The Morgan fingerprint density at radius 3 is 2.25 bits per heavy atom. The van der Waals surface area contributed by atoms with Crippen molar-refractivity contribution in [1.29, 1.82) is 0 Å². The molecule has 0 aromatic heterocycles. The van der Waals surface area contributed by atoms with Crippen LogP contribution in [0.2, 0.25) is 18.1 Å². The molecule has 3 nitrogen and oxygen atoms in total. The summed E-state index contributed by atoms with van der Waals surface area (Å²) < 4.78 is 12.0. The first-order valence-electron chi connectivity index (χ1n) is 7.19. The van der Waals surface area contributed by atoms with Gasteiger partial charge >= 0.3 is 0 Å². The monoisotopic (exact) mass is 296 g/mol. The van der Waals surface area contributed by atoms with Crippen molar-refractivity contribution >= 4 is 8.32 Å². The largest absolute Gasteiger partial charge is 0.414 e. The molecule has 20 heavy (non-hydrogen) atoms. The van der Waals surface area contributed by atoms with Crippen LogP contribution in [0, 0.1) is 0 Å². The van der Waals surface area contributed by atoms with Crippen molar-refractivity contribution in [3.05, 3.63) is 35.9 Å². The van der Waals surface area contributed by atoms with Crippen molar-refractivity contribution in [3.63, 3.8) is 0 Å². The van der Waals surface area contributed by atoms with Crippen molar-refractivity contribution in [3.8, 4) is 0 Å². The molecule has 0 fully saturated rings. The van der Waals surface area contributed by atoms with Crippen molar-refractivity contribution in [2.45, 2.75) is 45.0 Å². The number of hydrogen-bond acceptors (Lipinski definition) is 3. The predicted molar refractivity (Wildman–Crippen MR) is 85.4 cm³/mol. The van der Waals surface area contributed by atoms with E-state index in [-0.39, 0.29) is 17.7 Å². The van der Waals surface area contributed by atoms with Gasteiger partial charge in [-0.3, -0.25) is 0 Å². The lowest BCUT2D eigenvalue weighted by Crippen LogP contribution is -2.42. The molecule has 1 aromatic carbocycles. The van der Waals surface area contributed by atoms with Gasteiger partial charge in [0, 0.05) is 0 Å². The third-order valence-corrected chi connectivity index (χ3v) is 8.48. The molecule has 0 aliphatic rings. The van der Waals surface area contributed by atoms with E-state index in [2.05, 4.69) is 33.9 Å². The molecule has 0 aliphatic carbocycles. The standard InChI is InChI=1S/C16H28O3Si/c1-16(2,3)20(4,5)19-13-15(18-12-11-17)14-9-7-6-8-10-14/h6-10,15,17H,11-13H2,1-5H3. The number of rotatable bonds is 7. The van der Waals surface area contributed by atoms with Gasteiger partial charge in [0.15, 0.2) is 8.32 Å². The van der Waals surface area contributed by atoms with E-state index < -0.39 is 8.32 Å². The van der Waals surface area contributed by atoms with E-state index in [0.29, 0.717) is 13.2 Å². The Bertz CT molecular complexity index is 384. The Morgan fingerprint density at radius 2 is 1.75 bits per heavy atom.